The number of imidazole rings is 1. The Morgan fingerprint density at radius 1 is 1.19 bits per heavy atom. The monoisotopic (exact) mass is 455 g/mol. The summed E-state index contributed by atoms with van der Waals surface area (Å²) in [4.78, 5) is 21.8. The molecule has 31 heavy (non-hydrogen) atoms. The zero-order valence-corrected chi connectivity index (χ0v) is 18.3. The first kappa shape index (κ1) is 21.1. The highest BCUT2D eigenvalue weighted by Gasteiger charge is 2.20. The first-order valence-electron chi connectivity index (χ1n) is 9.40. The second-order valence-corrected chi connectivity index (χ2v) is 7.68. The maximum absolute atomic E-state index is 12.9. The molecule has 0 fully saturated rings. The van der Waals surface area contributed by atoms with Crippen LogP contribution in [0.1, 0.15) is 21.7 Å². The van der Waals surface area contributed by atoms with Crippen LogP contribution >= 0.6 is 23.2 Å². The topological polar surface area (TPSA) is 94.5 Å². The van der Waals surface area contributed by atoms with Crippen molar-refractivity contribution in [2.24, 2.45) is 5.73 Å². The molecule has 0 unspecified atom stereocenters. The van der Waals surface area contributed by atoms with E-state index in [0.29, 0.717) is 33.0 Å². The van der Waals surface area contributed by atoms with Crippen LogP contribution < -0.4 is 15.8 Å². The van der Waals surface area contributed by atoms with E-state index in [2.05, 4.69) is 15.3 Å². The molecule has 2 aromatic carbocycles. The lowest BCUT2D eigenvalue weighted by atomic mass is 10.0. The van der Waals surface area contributed by atoms with E-state index in [0.717, 1.165) is 16.8 Å². The maximum atomic E-state index is 12.9. The molecular weight excluding hydrogens is 437 g/mol. The first-order valence-corrected chi connectivity index (χ1v) is 10.2. The van der Waals surface area contributed by atoms with Gasteiger partial charge in [-0.15, -0.1) is 0 Å². The number of carbonyl (C=O) groups is 1. The van der Waals surface area contributed by atoms with Gasteiger partial charge in [0.25, 0.3) is 5.91 Å². The Morgan fingerprint density at radius 3 is 2.71 bits per heavy atom. The van der Waals surface area contributed by atoms with Crippen molar-refractivity contribution in [2.75, 3.05) is 12.4 Å². The standard InChI is InChI=1S/C22H19Cl2N5O2/c1-12-17(10-25)20(16-7-6-13(23)8-18(16)24)29-11-19(28-22(29)26-12)21(30)27-14-4-3-5-15(9-14)31-2/h3-9,11H,10,25H2,1-2H3,(H,27,30). The van der Waals surface area contributed by atoms with Gasteiger partial charge in [-0.3, -0.25) is 9.20 Å². The van der Waals surface area contributed by atoms with Gasteiger partial charge < -0.3 is 15.8 Å². The van der Waals surface area contributed by atoms with E-state index in [9.17, 15) is 4.79 Å². The van der Waals surface area contributed by atoms with Gasteiger partial charge in [-0.2, -0.15) is 0 Å². The molecule has 4 rings (SSSR count). The molecule has 0 bridgehead atoms. The SMILES string of the molecule is COc1cccc(NC(=O)c2cn3c(-c4ccc(Cl)cc4Cl)c(CN)c(C)nc3n2)c1. The summed E-state index contributed by atoms with van der Waals surface area (Å²) in [7, 11) is 1.56. The third kappa shape index (κ3) is 4.07. The molecule has 0 aliphatic carbocycles. The predicted octanol–water partition coefficient (Wildman–Crippen LogP) is 4.73. The number of halogens is 2. The van der Waals surface area contributed by atoms with Gasteiger partial charge in [-0.05, 0) is 37.3 Å². The number of anilines is 1. The maximum Gasteiger partial charge on any atom is 0.275 e. The second kappa shape index (κ2) is 8.55. The Balaban J connectivity index is 1.82. The lowest BCUT2D eigenvalue weighted by molar-refractivity contribution is 0.102. The molecule has 9 heteroatoms. The van der Waals surface area contributed by atoms with Crippen molar-refractivity contribution in [2.45, 2.75) is 13.5 Å². The number of aryl methyl sites for hydroxylation is 1. The molecular formula is C22H19Cl2N5O2. The van der Waals surface area contributed by atoms with Crippen molar-refractivity contribution >= 4 is 40.6 Å². The molecule has 0 aliphatic heterocycles. The molecule has 4 aromatic rings. The Labute approximate surface area is 188 Å². The van der Waals surface area contributed by atoms with E-state index in [1.807, 2.05) is 13.0 Å². The molecule has 2 aromatic heterocycles. The van der Waals surface area contributed by atoms with Crippen molar-refractivity contribution < 1.29 is 9.53 Å². The minimum absolute atomic E-state index is 0.204. The highest BCUT2D eigenvalue weighted by atomic mass is 35.5. The Bertz CT molecular complexity index is 1300. The summed E-state index contributed by atoms with van der Waals surface area (Å²) in [5.41, 5.74) is 9.77. The zero-order chi connectivity index (χ0) is 22.1. The highest BCUT2D eigenvalue weighted by molar-refractivity contribution is 6.36. The van der Waals surface area contributed by atoms with Gasteiger partial charge in [0.1, 0.15) is 11.4 Å². The fraction of sp³-hybridized carbons (Fsp3) is 0.136. The minimum Gasteiger partial charge on any atom is -0.497 e. The summed E-state index contributed by atoms with van der Waals surface area (Å²) >= 11 is 12.5. The summed E-state index contributed by atoms with van der Waals surface area (Å²) < 4.78 is 6.93. The number of methoxy groups -OCH3 is 1. The van der Waals surface area contributed by atoms with E-state index >= 15 is 0 Å². The number of hydrogen-bond donors (Lipinski definition) is 2. The second-order valence-electron chi connectivity index (χ2n) is 6.83. The highest BCUT2D eigenvalue weighted by Crippen LogP contribution is 2.34. The largest absolute Gasteiger partial charge is 0.497 e. The van der Waals surface area contributed by atoms with Gasteiger partial charge in [0.05, 0.1) is 17.8 Å². The molecule has 3 N–H and O–H groups in total. The van der Waals surface area contributed by atoms with Gasteiger partial charge in [0.2, 0.25) is 5.78 Å². The average Bonchev–Trinajstić information content (AvgIpc) is 3.17. The van der Waals surface area contributed by atoms with Crippen LogP contribution in [0.5, 0.6) is 5.75 Å². The zero-order valence-electron chi connectivity index (χ0n) is 16.8. The number of hydrogen-bond acceptors (Lipinski definition) is 5. The van der Waals surface area contributed by atoms with Crippen molar-refractivity contribution in [1.29, 1.82) is 0 Å². The van der Waals surface area contributed by atoms with Crippen LogP contribution in [0.15, 0.2) is 48.7 Å². The van der Waals surface area contributed by atoms with E-state index in [4.69, 9.17) is 33.7 Å². The number of nitrogens with one attached hydrogen (secondary N) is 1. The number of rotatable bonds is 5. The number of nitrogens with zero attached hydrogens (tertiary/aromatic N) is 3. The van der Waals surface area contributed by atoms with Gasteiger partial charge in [-0.25, -0.2) is 9.97 Å². The number of carbonyl (C=O) groups excluding carboxylic acids is 1. The van der Waals surface area contributed by atoms with Crippen molar-refractivity contribution in [3.05, 3.63) is 75.7 Å². The van der Waals surface area contributed by atoms with Gasteiger partial charge >= 0.3 is 0 Å². The molecule has 0 radical (unpaired) electrons. The Morgan fingerprint density at radius 2 is 2.00 bits per heavy atom. The Kier molecular flexibility index (Phi) is 5.82. The van der Waals surface area contributed by atoms with Crippen LogP contribution in [0.25, 0.3) is 17.0 Å². The molecule has 0 saturated carbocycles. The molecule has 0 spiro atoms. The predicted molar refractivity (Wildman–Crippen MR) is 122 cm³/mol. The molecule has 0 atom stereocenters. The summed E-state index contributed by atoms with van der Waals surface area (Å²) in [5, 5.41) is 3.81. The van der Waals surface area contributed by atoms with Gasteiger partial charge in [-0.1, -0.05) is 29.3 Å². The molecule has 1 amide bonds. The molecule has 158 valence electrons. The van der Waals surface area contributed by atoms with Crippen LogP contribution in [0.3, 0.4) is 0 Å². The summed E-state index contributed by atoms with van der Waals surface area (Å²) in [6, 6.07) is 12.3. The number of benzene rings is 2. The molecule has 7 nitrogen and oxygen atoms in total. The smallest absolute Gasteiger partial charge is 0.275 e. The lowest BCUT2D eigenvalue weighted by Crippen LogP contribution is -2.12. The number of nitrogens with two attached hydrogens (primary N) is 1. The summed E-state index contributed by atoms with van der Waals surface area (Å²) in [5.74, 6) is 0.628. The van der Waals surface area contributed by atoms with Crippen LogP contribution in [0, 0.1) is 6.92 Å². The van der Waals surface area contributed by atoms with Crippen LogP contribution in [0.2, 0.25) is 10.0 Å². The van der Waals surface area contributed by atoms with Crippen molar-refractivity contribution in [1.82, 2.24) is 14.4 Å². The average molecular weight is 456 g/mol. The Hall–Kier alpha value is -3.13. The normalized spacial score (nSPS) is 11.0. The van der Waals surface area contributed by atoms with E-state index in [-0.39, 0.29) is 18.1 Å². The number of aromatic nitrogens is 3. The van der Waals surface area contributed by atoms with Gasteiger partial charge in [0.15, 0.2) is 0 Å². The quantitative estimate of drug-likeness (QED) is 0.453. The van der Waals surface area contributed by atoms with Crippen LogP contribution in [-0.4, -0.2) is 27.4 Å². The van der Waals surface area contributed by atoms with Gasteiger partial charge in [0, 0.05) is 46.3 Å². The minimum atomic E-state index is -0.376. The molecule has 0 aliphatic rings. The van der Waals surface area contributed by atoms with Crippen LogP contribution in [0.4, 0.5) is 5.69 Å². The third-order valence-electron chi connectivity index (χ3n) is 4.87. The summed E-state index contributed by atoms with van der Waals surface area (Å²) in [6.07, 6.45) is 1.62. The fourth-order valence-corrected chi connectivity index (χ4v) is 3.87. The molecule has 0 saturated heterocycles. The van der Waals surface area contributed by atoms with E-state index < -0.39 is 0 Å². The summed E-state index contributed by atoms with van der Waals surface area (Å²) in [6.45, 7) is 2.09. The number of ether oxygens (including phenoxy) is 1. The fourth-order valence-electron chi connectivity index (χ4n) is 3.37. The number of amides is 1. The first-order chi connectivity index (χ1) is 14.9. The van der Waals surface area contributed by atoms with E-state index in [1.165, 1.54) is 0 Å². The third-order valence-corrected chi connectivity index (χ3v) is 5.42. The molecule has 2 heterocycles. The van der Waals surface area contributed by atoms with E-state index in [1.54, 1.807) is 54.1 Å². The van der Waals surface area contributed by atoms with Crippen LogP contribution in [-0.2, 0) is 6.54 Å². The number of fused-ring (bicyclic) bond motifs is 1. The van der Waals surface area contributed by atoms with Crippen molar-refractivity contribution in [3.63, 3.8) is 0 Å². The lowest BCUT2D eigenvalue weighted by Gasteiger charge is -2.14. The van der Waals surface area contributed by atoms with Crippen molar-refractivity contribution in [3.8, 4) is 17.0 Å².